The third-order valence-electron chi connectivity index (χ3n) is 3.60. The molecule has 0 aliphatic carbocycles. The van der Waals surface area contributed by atoms with E-state index in [1.54, 1.807) is 19.2 Å². The number of aldehydes is 1. The molecule has 1 amide bonds. The Balaban J connectivity index is 2.01. The van der Waals surface area contributed by atoms with Crippen LogP contribution in [0.15, 0.2) is 54.6 Å². The van der Waals surface area contributed by atoms with Crippen molar-refractivity contribution >= 4 is 18.0 Å². The third kappa shape index (κ3) is 5.57. The van der Waals surface area contributed by atoms with Gasteiger partial charge < -0.3 is 9.64 Å². The minimum Gasteiger partial charge on any atom is -0.445 e. The van der Waals surface area contributed by atoms with Gasteiger partial charge >= 0.3 is 6.09 Å². The van der Waals surface area contributed by atoms with Crippen LogP contribution in [0, 0.1) is 0 Å². The van der Waals surface area contributed by atoms with Crippen molar-refractivity contribution in [1.29, 1.82) is 0 Å². The van der Waals surface area contributed by atoms with Crippen molar-refractivity contribution < 1.29 is 14.3 Å². The van der Waals surface area contributed by atoms with Gasteiger partial charge in [-0.3, -0.25) is 4.79 Å². The lowest BCUT2D eigenvalue weighted by atomic mass is 10.1. The van der Waals surface area contributed by atoms with Crippen LogP contribution in [-0.2, 0) is 11.3 Å². The Morgan fingerprint density at radius 1 is 1.16 bits per heavy atom. The average molecular weight is 338 g/mol. The van der Waals surface area contributed by atoms with Gasteiger partial charge in [0.15, 0.2) is 6.29 Å². The number of ether oxygens (including phenoxy) is 1. The van der Waals surface area contributed by atoms with E-state index >= 15 is 0 Å². The van der Waals surface area contributed by atoms with Gasteiger partial charge in [0.05, 0.1) is 12.2 Å². The van der Waals surface area contributed by atoms with Crippen molar-refractivity contribution in [3.05, 3.63) is 71.6 Å². The number of benzene rings is 1. The Morgan fingerprint density at radius 3 is 2.60 bits per heavy atom. The van der Waals surface area contributed by atoms with Crippen LogP contribution in [0.4, 0.5) is 4.79 Å². The summed E-state index contributed by atoms with van der Waals surface area (Å²) in [6, 6.07) is 14.8. The predicted octanol–water partition coefficient (Wildman–Crippen LogP) is 3.96. The summed E-state index contributed by atoms with van der Waals surface area (Å²) < 4.78 is 5.33. The van der Waals surface area contributed by atoms with Gasteiger partial charge in [0.25, 0.3) is 0 Å². The number of nitrogens with zero attached hydrogens (tertiary/aromatic N) is 2. The maximum absolute atomic E-state index is 12.2. The number of hydrogen-bond acceptors (Lipinski definition) is 4. The molecule has 0 bridgehead atoms. The minimum absolute atomic E-state index is 0.232. The molecule has 1 heterocycles. The molecule has 0 aliphatic rings. The van der Waals surface area contributed by atoms with E-state index in [9.17, 15) is 9.59 Å². The van der Waals surface area contributed by atoms with E-state index < -0.39 is 6.09 Å². The second-order valence-electron chi connectivity index (χ2n) is 5.60. The number of amides is 1. The minimum atomic E-state index is -0.405. The zero-order chi connectivity index (χ0) is 18.1. The number of rotatable bonds is 7. The maximum Gasteiger partial charge on any atom is 0.410 e. The van der Waals surface area contributed by atoms with Crippen molar-refractivity contribution in [2.45, 2.75) is 20.0 Å². The van der Waals surface area contributed by atoms with E-state index in [0.717, 1.165) is 17.6 Å². The molecule has 5 heteroatoms. The van der Waals surface area contributed by atoms with Gasteiger partial charge in [-0.2, -0.15) is 0 Å². The molecule has 1 aromatic carbocycles. The van der Waals surface area contributed by atoms with E-state index in [0.29, 0.717) is 24.2 Å². The van der Waals surface area contributed by atoms with Crippen LogP contribution in [0.3, 0.4) is 0 Å². The van der Waals surface area contributed by atoms with Gasteiger partial charge in [0.1, 0.15) is 12.3 Å². The quantitative estimate of drug-likeness (QED) is 0.717. The van der Waals surface area contributed by atoms with E-state index in [1.165, 1.54) is 4.90 Å². The molecular weight excluding hydrogens is 316 g/mol. The molecule has 5 nitrogen and oxygen atoms in total. The molecule has 0 atom stereocenters. The second kappa shape index (κ2) is 9.37. The molecule has 0 aliphatic heterocycles. The molecule has 0 spiro atoms. The van der Waals surface area contributed by atoms with Crippen molar-refractivity contribution in [2.24, 2.45) is 0 Å². The average Bonchev–Trinajstić information content (AvgIpc) is 2.66. The van der Waals surface area contributed by atoms with Crippen LogP contribution >= 0.6 is 0 Å². The number of hydrogen-bond donors (Lipinski definition) is 0. The molecule has 0 N–H and O–H groups in total. The monoisotopic (exact) mass is 338 g/mol. The molecule has 130 valence electrons. The van der Waals surface area contributed by atoms with Crippen molar-refractivity contribution in [3.8, 4) is 0 Å². The van der Waals surface area contributed by atoms with Gasteiger partial charge in [0.2, 0.25) is 0 Å². The largest absolute Gasteiger partial charge is 0.445 e. The van der Waals surface area contributed by atoms with Crippen LogP contribution in [-0.4, -0.2) is 35.9 Å². The van der Waals surface area contributed by atoms with E-state index in [-0.39, 0.29) is 6.61 Å². The number of allylic oxidation sites excluding steroid dienone is 1. The molecule has 25 heavy (non-hydrogen) atoms. The Morgan fingerprint density at radius 2 is 1.92 bits per heavy atom. The molecule has 0 fully saturated rings. The first-order valence-electron chi connectivity index (χ1n) is 8.17. The fraction of sp³-hybridized carbons (Fsp3) is 0.250. The van der Waals surface area contributed by atoms with Gasteiger partial charge in [-0.25, -0.2) is 9.78 Å². The Labute approximate surface area is 147 Å². The summed E-state index contributed by atoms with van der Waals surface area (Å²) in [6.45, 7) is 2.60. The van der Waals surface area contributed by atoms with Gasteiger partial charge in [0, 0.05) is 7.05 Å². The maximum atomic E-state index is 12.2. The fourth-order valence-corrected chi connectivity index (χ4v) is 2.34. The molecule has 0 unspecified atom stereocenters. The topological polar surface area (TPSA) is 59.5 Å². The van der Waals surface area contributed by atoms with Crippen LogP contribution in [0.5, 0.6) is 0 Å². The highest BCUT2D eigenvalue weighted by Crippen LogP contribution is 2.15. The standard InChI is InChI=1S/C20H22N2O3/c1-3-8-17(19-12-7-11-18(14-23)21-19)13-22(2)20(24)25-15-16-9-5-4-6-10-16/h4-12,14H,3,13,15H2,1-2H3/b17-8+. The first-order valence-corrected chi connectivity index (χ1v) is 8.17. The van der Waals surface area contributed by atoms with Gasteiger partial charge in [-0.1, -0.05) is 49.4 Å². The lowest BCUT2D eigenvalue weighted by Gasteiger charge is -2.19. The molecular formula is C20H22N2O3. The zero-order valence-electron chi connectivity index (χ0n) is 14.5. The van der Waals surface area contributed by atoms with E-state index in [4.69, 9.17) is 4.74 Å². The van der Waals surface area contributed by atoms with Crippen molar-refractivity contribution in [3.63, 3.8) is 0 Å². The Hall–Kier alpha value is -2.95. The summed E-state index contributed by atoms with van der Waals surface area (Å²) in [5.41, 5.74) is 2.88. The molecule has 0 radical (unpaired) electrons. The number of aromatic nitrogens is 1. The zero-order valence-corrected chi connectivity index (χ0v) is 14.5. The molecule has 2 rings (SSSR count). The van der Waals surface area contributed by atoms with Crippen LogP contribution in [0.25, 0.3) is 5.57 Å². The van der Waals surface area contributed by atoms with Crippen LogP contribution in [0.1, 0.15) is 35.1 Å². The summed E-state index contributed by atoms with van der Waals surface area (Å²) in [7, 11) is 1.68. The van der Waals surface area contributed by atoms with Crippen LogP contribution < -0.4 is 0 Å². The number of carbonyl (C=O) groups is 2. The smallest absolute Gasteiger partial charge is 0.410 e. The number of carbonyl (C=O) groups excluding carboxylic acids is 2. The lowest BCUT2D eigenvalue weighted by Crippen LogP contribution is -2.29. The van der Waals surface area contributed by atoms with Crippen molar-refractivity contribution in [2.75, 3.05) is 13.6 Å². The molecule has 0 saturated heterocycles. The molecule has 0 saturated carbocycles. The molecule has 2 aromatic rings. The van der Waals surface area contributed by atoms with Gasteiger partial charge in [-0.15, -0.1) is 0 Å². The highest BCUT2D eigenvalue weighted by molar-refractivity contribution is 5.75. The number of pyridine rings is 1. The molecule has 1 aromatic heterocycles. The van der Waals surface area contributed by atoms with E-state index in [1.807, 2.05) is 49.4 Å². The lowest BCUT2D eigenvalue weighted by molar-refractivity contribution is 0.108. The summed E-state index contributed by atoms with van der Waals surface area (Å²) in [5.74, 6) is 0. The predicted molar refractivity (Wildman–Crippen MR) is 97.1 cm³/mol. The first-order chi connectivity index (χ1) is 12.1. The van der Waals surface area contributed by atoms with Crippen LogP contribution in [0.2, 0.25) is 0 Å². The summed E-state index contributed by atoms with van der Waals surface area (Å²) in [6.07, 6.45) is 3.11. The Kier molecular flexibility index (Phi) is 6.89. The Bertz CT molecular complexity index is 742. The highest BCUT2D eigenvalue weighted by Gasteiger charge is 2.14. The van der Waals surface area contributed by atoms with Gasteiger partial charge in [-0.05, 0) is 29.7 Å². The number of likely N-dealkylation sites (N-methyl/N-ethyl adjacent to an activating group) is 1. The summed E-state index contributed by atoms with van der Waals surface area (Å²) in [5, 5.41) is 0. The first kappa shape index (κ1) is 18.4. The van der Waals surface area contributed by atoms with E-state index in [2.05, 4.69) is 4.98 Å². The highest BCUT2D eigenvalue weighted by atomic mass is 16.6. The SMILES string of the molecule is CC/C=C(\CN(C)C(=O)OCc1ccccc1)c1cccc(C=O)n1. The second-order valence-corrected chi connectivity index (χ2v) is 5.60. The third-order valence-corrected chi connectivity index (χ3v) is 3.60. The summed E-state index contributed by atoms with van der Waals surface area (Å²) in [4.78, 5) is 28.9. The fourth-order valence-electron chi connectivity index (χ4n) is 2.34. The normalized spacial score (nSPS) is 11.0. The van der Waals surface area contributed by atoms with Crippen molar-refractivity contribution in [1.82, 2.24) is 9.88 Å². The summed E-state index contributed by atoms with van der Waals surface area (Å²) >= 11 is 0.